The van der Waals surface area contributed by atoms with Crippen molar-refractivity contribution < 1.29 is 9.90 Å². The predicted molar refractivity (Wildman–Crippen MR) is 97.7 cm³/mol. The van der Waals surface area contributed by atoms with Gasteiger partial charge in [0, 0.05) is 11.3 Å². The van der Waals surface area contributed by atoms with E-state index in [1.54, 1.807) is 11.8 Å². The highest BCUT2D eigenvalue weighted by atomic mass is 16.3. The van der Waals surface area contributed by atoms with Crippen molar-refractivity contribution in [2.45, 2.75) is 19.4 Å². The molecule has 122 valence electrons. The number of anilines is 1. The van der Waals surface area contributed by atoms with E-state index in [0.717, 1.165) is 16.8 Å². The number of aliphatic hydroxyl groups is 1. The summed E-state index contributed by atoms with van der Waals surface area (Å²) in [5.74, 6) is -0.243. The van der Waals surface area contributed by atoms with E-state index >= 15 is 0 Å². The summed E-state index contributed by atoms with van der Waals surface area (Å²) < 4.78 is 0. The van der Waals surface area contributed by atoms with Crippen LogP contribution in [0.5, 0.6) is 0 Å². The minimum atomic E-state index is -1.34. The van der Waals surface area contributed by atoms with E-state index in [4.69, 9.17) is 0 Å². The number of rotatable bonds is 2. The number of aryl methyl sites for hydroxylation is 1. The second-order valence-electron chi connectivity index (χ2n) is 6.36. The third-order valence-electron chi connectivity index (χ3n) is 4.53. The number of amides is 1. The number of piperidine rings is 1. The van der Waals surface area contributed by atoms with E-state index in [0.29, 0.717) is 6.54 Å². The largest absolute Gasteiger partial charge is 0.381 e. The monoisotopic (exact) mass is 319 g/mol. The molecular formula is C21H21NO2. The summed E-state index contributed by atoms with van der Waals surface area (Å²) in [6, 6.07) is 17.5. The van der Waals surface area contributed by atoms with Gasteiger partial charge >= 0.3 is 0 Å². The maximum atomic E-state index is 12.6. The van der Waals surface area contributed by atoms with E-state index in [1.807, 2.05) is 67.6 Å². The van der Waals surface area contributed by atoms with Crippen LogP contribution in [0.25, 0.3) is 6.08 Å². The lowest BCUT2D eigenvalue weighted by atomic mass is 9.82. The molecule has 0 spiro atoms. The summed E-state index contributed by atoms with van der Waals surface area (Å²) in [6.07, 6.45) is 1.94. The van der Waals surface area contributed by atoms with Gasteiger partial charge in [-0.15, -0.1) is 0 Å². The molecule has 2 aromatic rings. The molecule has 0 aliphatic carbocycles. The number of hydrogen-bond acceptors (Lipinski definition) is 2. The van der Waals surface area contributed by atoms with Crippen LogP contribution in [0, 0.1) is 6.92 Å². The summed E-state index contributed by atoms with van der Waals surface area (Å²) in [6.45, 7) is 7.85. The number of para-hydroxylation sites is 1. The SMILES string of the molecule is C=C1C(=O)N(c2ccccc2)C/C(=C\c2ccc(C)cc2)C1(C)O. The summed E-state index contributed by atoms with van der Waals surface area (Å²) >= 11 is 0. The number of benzene rings is 2. The van der Waals surface area contributed by atoms with Gasteiger partial charge in [-0.25, -0.2) is 0 Å². The van der Waals surface area contributed by atoms with Gasteiger partial charge in [0.1, 0.15) is 5.60 Å². The molecular weight excluding hydrogens is 298 g/mol. The van der Waals surface area contributed by atoms with Crippen molar-refractivity contribution in [1.29, 1.82) is 0 Å². The molecule has 3 nitrogen and oxygen atoms in total. The van der Waals surface area contributed by atoms with Crippen molar-refractivity contribution in [2.75, 3.05) is 11.4 Å². The van der Waals surface area contributed by atoms with Gasteiger partial charge in [-0.3, -0.25) is 4.79 Å². The zero-order valence-corrected chi connectivity index (χ0v) is 14.0. The molecule has 1 fully saturated rings. The number of carbonyl (C=O) groups excluding carboxylic acids is 1. The Morgan fingerprint density at radius 3 is 2.38 bits per heavy atom. The molecule has 1 aliphatic heterocycles. The second kappa shape index (κ2) is 6.10. The van der Waals surface area contributed by atoms with Crippen molar-refractivity contribution in [3.63, 3.8) is 0 Å². The Kier molecular flexibility index (Phi) is 4.12. The fourth-order valence-corrected chi connectivity index (χ4v) is 2.83. The zero-order chi connectivity index (χ0) is 17.3. The van der Waals surface area contributed by atoms with Crippen molar-refractivity contribution in [2.24, 2.45) is 0 Å². The average Bonchev–Trinajstić information content (AvgIpc) is 2.58. The van der Waals surface area contributed by atoms with Crippen molar-refractivity contribution in [1.82, 2.24) is 0 Å². The second-order valence-corrected chi connectivity index (χ2v) is 6.36. The molecule has 3 rings (SSSR count). The summed E-state index contributed by atoms with van der Waals surface area (Å²) in [4.78, 5) is 14.3. The number of carbonyl (C=O) groups is 1. The van der Waals surface area contributed by atoms with Crippen LogP contribution in [0.15, 0.2) is 72.3 Å². The first kappa shape index (κ1) is 16.2. The highest BCUT2D eigenvalue weighted by Crippen LogP contribution is 2.35. The van der Waals surface area contributed by atoms with E-state index in [2.05, 4.69) is 6.58 Å². The zero-order valence-electron chi connectivity index (χ0n) is 14.0. The fourth-order valence-electron chi connectivity index (χ4n) is 2.83. The maximum absolute atomic E-state index is 12.6. The van der Waals surface area contributed by atoms with Gasteiger partial charge in [0.05, 0.1) is 6.54 Å². The molecule has 1 saturated heterocycles. The van der Waals surface area contributed by atoms with E-state index < -0.39 is 5.60 Å². The summed E-state index contributed by atoms with van der Waals surface area (Å²) in [7, 11) is 0. The fraction of sp³-hybridized carbons (Fsp3) is 0.190. The first-order chi connectivity index (χ1) is 11.4. The van der Waals surface area contributed by atoms with Crippen molar-refractivity contribution >= 4 is 17.7 Å². The Morgan fingerprint density at radius 1 is 1.12 bits per heavy atom. The molecule has 1 N–H and O–H groups in total. The smallest absolute Gasteiger partial charge is 0.257 e. The Hall–Kier alpha value is -2.65. The van der Waals surface area contributed by atoms with E-state index in [1.165, 1.54) is 5.56 Å². The number of nitrogens with zero attached hydrogens (tertiary/aromatic N) is 1. The van der Waals surface area contributed by atoms with Crippen LogP contribution >= 0.6 is 0 Å². The van der Waals surface area contributed by atoms with Gasteiger partial charge in [0.2, 0.25) is 0 Å². The third kappa shape index (κ3) is 2.91. The van der Waals surface area contributed by atoms with E-state index in [9.17, 15) is 9.90 Å². The van der Waals surface area contributed by atoms with Gasteiger partial charge in [-0.1, -0.05) is 60.7 Å². The van der Waals surface area contributed by atoms with Gasteiger partial charge in [-0.05, 0) is 37.1 Å². The Bertz CT molecular complexity index is 801. The van der Waals surface area contributed by atoms with Crippen LogP contribution in [0.4, 0.5) is 5.69 Å². The minimum Gasteiger partial charge on any atom is -0.381 e. The highest BCUT2D eigenvalue weighted by molar-refractivity contribution is 6.09. The first-order valence-electron chi connectivity index (χ1n) is 7.96. The highest BCUT2D eigenvalue weighted by Gasteiger charge is 2.41. The molecule has 0 aromatic heterocycles. The van der Waals surface area contributed by atoms with Crippen LogP contribution in [0.1, 0.15) is 18.1 Å². The standard InChI is InChI=1S/C21H21NO2/c1-15-9-11-17(12-10-15)13-18-14-22(19-7-5-4-6-8-19)20(23)16(2)21(18,3)24/h4-13,24H,2,14H2,1,3H3/b18-13+. The van der Waals surface area contributed by atoms with Crippen molar-refractivity contribution in [3.8, 4) is 0 Å². The molecule has 0 radical (unpaired) electrons. The molecule has 1 unspecified atom stereocenters. The molecule has 2 aromatic carbocycles. The van der Waals surface area contributed by atoms with Crippen LogP contribution in [-0.2, 0) is 4.79 Å². The predicted octanol–water partition coefficient (Wildman–Crippen LogP) is 3.73. The van der Waals surface area contributed by atoms with Crippen LogP contribution in [0.2, 0.25) is 0 Å². The van der Waals surface area contributed by atoms with Gasteiger partial charge in [0.25, 0.3) is 5.91 Å². The molecule has 0 bridgehead atoms. The molecule has 0 saturated carbocycles. The molecule has 3 heteroatoms. The lowest BCUT2D eigenvalue weighted by Gasteiger charge is -2.39. The Labute approximate surface area is 142 Å². The quantitative estimate of drug-likeness (QED) is 0.857. The third-order valence-corrected chi connectivity index (χ3v) is 4.53. The van der Waals surface area contributed by atoms with Crippen LogP contribution in [-0.4, -0.2) is 23.2 Å². The topological polar surface area (TPSA) is 40.5 Å². The van der Waals surface area contributed by atoms with Gasteiger partial charge in [-0.2, -0.15) is 0 Å². The summed E-state index contributed by atoms with van der Waals surface area (Å²) in [5, 5.41) is 10.8. The van der Waals surface area contributed by atoms with Gasteiger partial charge in [0.15, 0.2) is 0 Å². The minimum absolute atomic E-state index is 0.191. The van der Waals surface area contributed by atoms with Crippen molar-refractivity contribution in [3.05, 3.63) is 83.4 Å². The molecule has 1 aliphatic rings. The van der Waals surface area contributed by atoms with Crippen LogP contribution < -0.4 is 4.90 Å². The lowest BCUT2D eigenvalue weighted by molar-refractivity contribution is -0.117. The lowest BCUT2D eigenvalue weighted by Crippen LogP contribution is -2.50. The first-order valence-corrected chi connectivity index (χ1v) is 7.96. The number of hydrogen-bond donors (Lipinski definition) is 1. The van der Waals surface area contributed by atoms with E-state index in [-0.39, 0.29) is 11.5 Å². The molecule has 1 heterocycles. The molecule has 24 heavy (non-hydrogen) atoms. The molecule has 1 atom stereocenters. The normalized spacial score (nSPS) is 23.0. The molecule has 1 amide bonds. The summed E-state index contributed by atoms with van der Waals surface area (Å²) in [5.41, 5.74) is 2.57. The van der Waals surface area contributed by atoms with Crippen LogP contribution in [0.3, 0.4) is 0 Å². The maximum Gasteiger partial charge on any atom is 0.257 e. The Balaban J connectivity index is 2.02. The van der Waals surface area contributed by atoms with Gasteiger partial charge < -0.3 is 10.0 Å². The Morgan fingerprint density at radius 2 is 1.75 bits per heavy atom. The average molecular weight is 319 g/mol.